The van der Waals surface area contributed by atoms with Gasteiger partial charge in [0.1, 0.15) is 6.61 Å². The maximum absolute atomic E-state index is 13.4. The number of benzene rings is 3. The van der Waals surface area contributed by atoms with E-state index >= 15 is 0 Å². The van der Waals surface area contributed by atoms with Crippen LogP contribution in [0.15, 0.2) is 72.8 Å². The van der Waals surface area contributed by atoms with Crippen molar-refractivity contribution in [1.82, 2.24) is 4.90 Å². The molecule has 3 nitrogen and oxygen atoms in total. The van der Waals surface area contributed by atoms with Crippen LogP contribution in [0.1, 0.15) is 59.4 Å². The quantitative estimate of drug-likeness (QED) is 0.363. The minimum Gasteiger partial charge on any atom is -0.448 e. The summed E-state index contributed by atoms with van der Waals surface area (Å²) in [6.07, 6.45) is 0.364. The molecule has 3 aliphatic rings. The standard InChI is InChI=1S/C31H28F3NO2/c1-19-13-14-21(31(32,33)34)17-28(19)20-15-22-7-6-8-23(16-20)35(22)30(36)37-18-29-26-11-4-2-9-24(26)25-10-3-5-12-27(25)29/h2-5,9-15,17,22-23,29H,6-8,16,18H2,1H3. The van der Waals surface area contributed by atoms with Crippen molar-refractivity contribution < 1.29 is 22.7 Å². The molecule has 2 atom stereocenters. The van der Waals surface area contributed by atoms with Gasteiger partial charge in [0, 0.05) is 12.0 Å². The first kappa shape index (κ1) is 23.8. The molecule has 190 valence electrons. The molecule has 0 saturated carbocycles. The average Bonchev–Trinajstić information content (AvgIpc) is 3.20. The van der Waals surface area contributed by atoms with Gasteiger partial charge in [0.15, 0.2) is 0 Å². The summed E-state index contributed by atoms with van der Waals surface area (Å²) in [7, 11) is 0. The molecule has 1 saturated heterocycles. The van der Waals surface area contributed by atoms with E-state index in [2.05, 4.69) is 24.3 Å². The molecule has 0 spiro atoms. The number of halogens is 3. The van der Waals surface area contributed by atoms with Crippen molar-refractivity contribution in [2.75, 3.05) is 6.61 Å². The molecule has 6 heteroatoms. The second kappa shape index (κ2) is 9.09. The number of piperidine rings is 1. The van der Waals surface area contributed by atoms with E-state index in [4.69, 9.17) is 4.74 Å². The monoisotopic (exact) mass is 503 g/mol. The van der Waals surface area contributed by atoms with Crippen LogP contribution in [0, 0.1) is 6.92 Å². The largest absolute Gasteiger partial charge is 0.448 e. The number of hydrogen-bond donors (Lipinski definition) is 0. The number of aryl methyl sites for hydroxylation is 1. The fourth-order valence-corrected chi connectivity index (χ4v) is 6.33. The highest BCUT2D eigenvalue weighted by Gasteiger charge is 2.40. The number of rotatable bonds is 3. The topological polar surface area (TPSA) is 29.5 Å². The Kier molecular flexibility index (Phi) is 5.85. The molecule has 0 N–H and O–H groups in total. The average molecular weight is 504 g/mol. The molecule has 2 aliphatic heterocycles. The highest BCUT2D eigenvalue weighted by molar-refractivity contribution is 5.79. The lowest BCUT2D eigenvalue weighted by molar-refractivity contribution is -0.137. The molecule has 2 unspecified atom stereocenters. The van der Waals surface area contributed by atoms with E-state index in [1.807, 2.05) is 42.2 Å². The number of nitrogens with zero attached hydrogens (tertiary/aromatic N) is 1. The van der Waals surface area contributed by atoms with Gasteiger partial charge in [-0.25, -0.2) is 4.79 Å². The maximum Gasteiger partial charge on any atom is 0.416 e. The van der Waals surface area contributed by atoms with Crippen LogP contribution in [0.2, 0.25) is 0 Å². The van der Waals surface area contributed by atoms with Gasteiger partial charge in [0.2, 0.25) is 0 Å². The van der Waals surface area contributed by atoms with Gasteiger partial charge in [0.05, 0.1) is 11.6 Å². The fraction of sp³-hybridized carbons (Fsp3) is 0.323. The SMILES string of the molecule is Cc1ccc(C(F)(F)F)cc1C1=CC2CCCC(C1)N2C(=O)OCC1c2ccccc2-c2ccccc21. The van der Waals surface area contributed by atoms with Gasteiger partial charge in [-0.15, -0.1) is 0 Å². The van der Waals surface area contributed by atoms with E-state index in [0.717, 1.165) is 47.6 Å². The molecule has 2 heterocycles. The molecule has 3 aromatic carbocycles. The molecule has 0 radical (unpaired) electrons. The van der Waals surface area contributed by atoms with Crippen molar-refractivity contribution in [2.45, 2.75) is 56.8 Å². The van der Waals surface area contributed by atoms with Crippen molar-refractivity contribution >= 4 is 11.7 Å². The first-order valence-corrected chi connectivity index (χ1v) is 12.8. The molecule has 0 aromatic heterocycles. The second-order valence-electron chi connectivity index (χ2n) is 10.3. The molecule has 1 fully saturated rings. The number of alkyl halides is 3. The summed E-state index contributed by atoms with van der Waals surface area (Å²) in [5.74, 6) is -0.0140. The first-order valence-electron chi connectivity index (χ1n) is 12.8. The normalized spacial score (nSPS) is 20.8. The summed E-state index contributed by atoms with van der Waals surface area (Å²) in [6, 6.07) is 20.1. The van der Waals surface area contributed by atoms with Gasteiger partial charge in [-0.05, 0) is 83.7 Å². The van der Waals surface area contributed by atoms with Gasteiger partial charge in [-0.3, -0.25) is 4.90 Å². The van der Waals surface area contributed by atoms with Crippen molar-refractivity contribution in [1.29, 1.82) is 0 Å². The number of amides is 1. The highest BCUT2D eigenvalue weighted by atomic mass is 19.4. The minimum absolute atomic E-state index is 0.0140. The molecule has 1 aliphatic carbocycles. The fourth-order valence-electron chi connectivity index (χ4n) is 6.33. The zero-order chi connectivity index (χ0) is 25.7. The first-order chi connectivity index (χ1) is 17.8. The number of hydrogen-bond acceptors (Lipinski definition) is 2. The van der Waals surface area contributed by atoms with E-state index in [9.17, 15) is 18.0 Å². The van der Waals surface area contributed by atoms with Gasteiger partial charge in [-0.1, -0.05) is 60.7 Å². The Hall–Kier alpha value is -3.54. The van der Waals surface area contributed by atoms with Gasteiger partial charge in [0.25, 0.3) is 0 Å². The lowest BCUT2D eigenvalue weighted by Gasteiger charge is -2.44. The van der Waals surface area contributed by atoms with Crippen LogP contribution in [0.5, 0.6) is 0 Å². The predicted molar refractivity (Wildman–Crippen MR) is 137 cm³/mol. The summed E-state index contributed by atoms with van der Waals surface area (Å²) in [6.45, 7) is 2.09. The molecule has 3 aromatic rings. The van der Waals surface area contributed by atoms with E-state index in [1.54, 1.807) is 0 Å². The Morgan fingerprint density at radius 3 is 2.27 bits per heavy atom. The number of ether oxygens (including phenoxy) is 1. The Morgan fingerprint density at radius 2 is 1.62 bits per heavy atom. The smallest absolute Gasteiger partial charge is 0.416 e. The predicted octanol–water partition coefficient (Wildman–Crippen LogP) is 7.97. The van der Waals surface area contributed by atoms with Crippen LogP contribution in [0.4, 0.5) is 18.0 Å². The number of carbonyl (C=O) groups excluding carboxylic acids is 1. The molecule has 2 bridgehead atoms. The third-order valence-electron chi connectivity index (χ3n) is 8.09. The van der Waals surface area contributed by atoms with Gasteiger partial charge >= 0.3 is 12.3 Å². The molecular weight excluding hydrogens is 475 g/mol. The highest BCUT2D eigenvalue weighted by Crippen LogP contribution is 2.45. The summed E-state index contributed by atoms with van der Waals surface area (Å²) in [5.41, 5.74) is 6.37. The Bertz CT molecular complexity index is 1350. The van der Waals surface area contributed by atoms with Crippen molar-refractivity contribution in [3.8, 4) is 11.1 Å². The van der Waals surface area contributed by atoms with Crippen LogP contribution in [-0.2, 0) is 10.9 Å². The van der Waals surface area contributed by atoms with Crippen LogP contribution < -0.4 is 0 Å². The molecular formula is C31H28F3NO2. The van der Waals surface area contributed by atoms with Crippen molar-refractivity contribution in [3.63, 3.8) is 0 Å². The maximum atomic E-state index is 13.4. The lowest BCUT2D eigenvalue weighted by atomic mass is 9.82. The second-order valence-corrected chi connectivity index (χ2v) is 10.3. The third kappa shape index (κ3) is 4.22. The van der Waals surface area contributed by atoms with Crippen LogP contribution in [0.25, 0.3) is 16.7 Å². The van der Waals surface area contributed by atoms with E-state index in [1.165, 1.54) is 23.3 Å². The van der Waals surface area contributed by atoms with E-state index < -0.39 is 11.7 Å². The molecule has 1 amide bonds. The molecule has 6 rings (SSSR count). The zero-order valence-corrected chi connectivity index (χ0v) is 20.6. The van der Waals surface area contributed by atoms with Gasteiger partial charge in [-0.2, -0.15) is 13.2 Å². The van der Waals surface area contributed by atoms with Crippen LogP contribution in [0.3, 0.4) is 0 Å². The van der Waals surface area contributed by atoms with Crippen molar-refractivity contribution in [2.24, 2.45) is 0 Å². The Morgan fingerprint density at radius 1 is 0.946 bits per heavy atom. The summed E-state index contributed by atoms with van der Waals surface area (Å²) < 4.78 is 46.1. The van der Waals surface area contributed by atoms with Crippen LogP contribution in [-0.4, -0.2) is 29.7 Å². The minimum atomic E-state index is -4.39. The van der Waals surface area contributed by atoms with Crippen molar-refractivity contribution in [3.05, 3.63) is 101 Å². The van der Waals surface area contributed by atoms with E-state index in [-0.39, 0.29) is 30.7 Å². The summed E-state index contributed by atoms with van der Waals surface area (Å²) in [5, 5.41) is 0. The van der Waals surface area contributed by atoms with E-state index in [0.29, 0.717) is 12.0 Å². The lowest BCUT2D eigenvalue weighted by Crippen LogP contribution is -2.52. The Balaban J connectivity index is 1.23. The van der Waals surface area contributed by atoms with Crippen LogP contribution >= 0.6 is 0 Å². The summed E-state index contributed by atoms with van der Waals surface area (Å²) >= 11 is 0. The number of carbonyl (C=O) groups is 1. The third-order valence-corrected chi connectivity index (χ3v) is 8.09. The van der Waals surface area contributed by atoms with Gasteiger partial charge < -0.3 is 4.74 Å². The summed E-state index contributed by atoms with van der Waals surface area (Å²) in [4.78, 5) is 15.2. The zero-order valence-electron chi connectivity index (χ0n) is 20.6. The number of fused-ring (bicyclic) bond motifs is 5. The Labute approximate surface area is 214 Å². The molecule has 37 heavy (non-hydrogen) atoms.